The summed E-state index contributed by atoms with van der Waals surface area (Å²) in [7, 11) is -0.764. The fraction of sp³-hybridized carbons (Fsp3) is 1.00. The summed E-state index contributed by atoms with van der Waals surface area (Å²) in [5.74, 6) is 0. The van der Waals surface area contributed by atoms with Gasteiger partial charge in [0.15, 0.2) is 0 Å². The Kier molecular flexibility index (Phi) is 16.6. The molecule has 0 aliphatic rings. The fourth-order valence-electron chi connectivity index (χ4n) is 3.20. The SMILES string of the molecule is CCCCCCCCCCCCCCCCCC[PH](C)(C)C. The molecule has 0 nitrogen and oxygen atoms in total. The first-order valence-corrected chi connectivity index (χ1v) is 14.3. The van der Waals surface area contributed by atoms with Gasteiger partial charge in [-0.2, -0.15) is 0 Å². The van der Waals surface area contributed by atoms with Crippen molar-refractivity contribution in [2.75, 3.05) is 26.2 Å². The third-order valence-electron chi connectivity index (χ3n) is 4.78. The van der Waals surface area contributed by atoms with E-state index < -0.39 is 7.26 Å². The Bertz CT molecular complexity index is 204. The molecule has 0 bridgehead atoms. The van der Waals surface area contributed by atoms with Gasteiger partial charge >= 0.3 is 104 Å². The molecule has 0 aromatic rings. The molecule has 0 saturated heterocycles. The van der Waals surface area contributed by atoms with Crippen molar-refractivity contribution in [3.63, 3.8) is 0 Å². The Hall–Kier alpha value is 0.430. The maximum atomic E-state index is 2.50. The zero-order valence-electron chi connectivity index (χ0n) is 16.5. The van der Waals surface area contributed by atoms with Gasteiger partial charge in [0.05, 0.1) is 0 Å². The van der Waals surface area contributed by atoms with E-state index in [1.54, 1.807) is 0 Å². The number of rotatable bonds is 17. The van der Waals surface area contributed by atoms with Crippen LogP contribution in [0.25, 0.3) is 0 Å². The van der Waals surface area contributed by atoms with Crippen LogP contribution in [0, 0.1) is 0 Å². The van der Waals surface area contributed by atoms with Gasteiger partial charge in [0.2, 0.25) is 0 Å². The van der Waals surface area contributed by atoms with Crippen molar-refractivity contribution < 1.29 is 0 Å². The van der Waals surface area contributed by atoms with Gasteiger partial charge in [0.25, 0.3) is 0 Å². The van der Waals surface area contributed by atoms with Crippen LogP contribution in [0.4, 0.5) is 0 Å². The van der Waals surface area contributed by atoms with Gasteiger partial charge in [0.1, 0.15) is 0 Å². The van der Waals surface area contributed by atoms with Crippen LogP contribution in [0.3, 0.4) is 0 Å². The standard InChI is InChI=1S/C21H47P/c1-5-6-7-8-9-10-11-12-13-14-15-16-17-18-19-20-21-22(2,3)4/h22H,5-21H2,1-4H3. The number of hydrogen-bond donors (Lipinski definition) is 0. The van der Waals surface area contributed by atoms with E-state index in [0.29, 0.717) is 0 Å². The quantitative estimate of drug-likeness (QED) is 0.188. The van der Waals surface area contributed by atoms with Crippen molar-refractivity contribution in [1.82, 2.24) is 0 Å². The molecule has 136 valence electrons. The van der Waals surface area contributed by atoms with Crippen LogP contribution in [0.15, 0.2) is 0 Å². The molecule has 0 radical (unpaired) electrons. The van der Waals surface area contributed by atoms with Crippen LogP contribution in [-0.2, 0) is 0 Å². The summed E-state index contributed by atoms with van der Waals surface area (Å²) in [6, 6.07) is 0. The summed E-state index contributed by atoms with van der Waals surface area (Å²) in [4.78, 5) is 0. The second-order valence-corrected chi connectivity index (χ2v) is 14.2. The molecular formula is C21H47P. The zero-order chi connectivity index (χ0) is 16.5. The summed E-state index contributed by atoms with van der Waals surface area (Å²) in [5, 5.41) is 0. The first kappa shape index (κ1) is 22.4. The average molecular weight is 331 g/mol. The first-order chi connectivity index (χ1) is 10.6. The van der Waals surface area contributed by atoms with Gasteiger partial charge < -0.3 is 0 Å². The van der Waals surface area contributed by atoms with Gasteiger partial charge in [-0.1, -0.05) is 39.0 Å². The van der Waals surface area contributed by atoms with Gasteiger partial charge in [-0.05, 0) is 0 Å². The molecule has 0 aromatic heterocycles. The van der Waals surface area contributed by atoms with E-state index in [1.807, 2.05) is 0 Å². The van der Waals surface area contributed by atoms with Gasteiger partial charge in [-0.25, -0.2) is 0 Å². The average Bonchev–Trinajstić information content (AvgIpc) is 2.45. The van der Waals surface area contributed by atoms with E-state index >= 15 is 0 Å². The van der Waals surface area contributed by atoms with Crippen molar-refractivity contribution in [3.05, 3.63) is 0 Å². The molecule has 1 heteroatoms. The Morgan fingerprint density at radius 3 is 0.955 bits per heavy atom. The molecule has 0 fully saturated rings. The molecule has 0 amide bonds. The zero-order valence-corrected chi connectivity index (χ0v) is 17.5. The molecule has 0 unspecified atom stereocenters. The van der Waals surface area contributed by atoms with E-state index in [2.05, 4.69) is 26.9 Å². The molecule has 0 aliphatic heterocycles. The predicted molar refractivity (Wildman–Crippen MR) is 111 cm³/mol. The van der Waals surface area contributed by atoms with Gasteiger partial charge in [-0.3, -0.25) is 0 Å². The predicted octanol–water partition coefficient (Wildman–Crippen LogP) is 7.89. The molecular weight excluding hydrogens is 283 g/mol. The van der Waals surface area contributed by atoms with E-state index in [0.717, 1.165) is 0 Å². The minimum atomic E-state index is -0.764. The molecule has 0 atom stereocenters. The van der Waals surface area contributed by atoms with Crippen molar-refractivity contribution in [2.24, 2.45) is 0 Å². The first-order valence-electron chi connectivity index (χ1n) is 10.6. The van der Waals surface area contributed by atoms with Crippen LogP contribution >= 0.6 is 7.26 Å². The van der Waals surface area contributed by atoms with Crippen LogP contribution < -0.4 is 0 Å². The van der Waals surface area contributed by atoms with Crippen molar-refractivity contribution >= 4 is 7.26 Å². The maximum absolute atomic E-state index is 2.50. The molecule has 0 N–H and O–H groups in total. The van der Waals surface area contributed by atoms with Crippen LogP contribution in [0.1, 0.15) is 110 Å². The molecule has 0 spiro atoms. The fourth-order valence-corrected chi connectivity index (χ4v) is 4.51. The van der Waals surface area contributed by atoms with Crippen molar-refractivity contribution in [3.8, 4) is 0 Å². The van der Waals surface area contributed by atoms with Gasteiger partial charge in [-0.15, -0.1) is 0 Å². The van der Waals surface area contributed by atoms with E-state index in [4.69, 9.17) is 0 Å². The third kappa shape index (κ3) is 20.4. The summed E-state index contributed by atoms with van der Waals surface area (Å²) < 4.78 is 0. The molecule has 0 heterocycles. The van der Waals surface area contributed by atoms with Crippen LogP contribution in [-0.4, -0.2) is 26.2 Å². The molecule has 0 aliphatic carbocycles. The topological polar surface area (TPSA) is 0 Å². The number of unbranched alkanes of at least 4 members (excludes halogenated alkanes) is 15. The van der Waals surface area contributed by atoms with Gasteiger partial charge in [0, 0.05) is 0 Å². The second kappa shape index (κ2) is 16.3. The molecule has 0 rings (SSSR count). The van der Waals surface area contributed by atoms with E-state index in [9.17, 15) is 0 Å². The Labute approximate surface area is 143 Å². The van der Waals surface area contributed by atoms with Crippen LogP contribution in [0.2, 0.25) is 0 Å². The normalized spacial score (nSPS) is 12.7. The van der Waals surface area contributed by atoms with Crippen molar-refractivity contribution in [2.45, 2.75) is 110 Å². The van der Waals surface area contributed by atoms with E-state index in [1.165, 1.54) is 109 Å². The van der Waals surface area contributed by atoms with Crippen LogP contribution in [0.5, 0.6) is 0 Å². The summed E-state index contributed by atoms with van der Waals surface area (Å²) in [6.07, 6.45) is 25.2. The Morgan fingerprint density at radius 1 is 0.409 bits per heavy atom. The molecule has 0 aromatic carbocycles. The third-order valence-corrected chi connectivity index (χ3v) is 6.63. The Balaban J connectivity index is 3.00. The minimum absolute atomic E-state index is 0.764. The summed E-state index contributed by atoms with van der Waals surface area (Å²) >= 11 is 0. The summed E-state index contributed by atoms with van der Waals surface area (Å²) in [6.45, 7) is 9.79. The molecule has 22 heavy (non-hydrogen) atoms. The Morgan fingerprint density at radius 2 is 0.682 bits per heavy atom. The number of hydrogen-bond acceptors (Lipinski definition) is 0. The monoisotopic (exact) mass is 330 g/mol. The van der Waals surface area contributed by atoms with E-state index in [-0.39, 0.29) is 0 Å². The molecule has 0 saturated carbocycles. The summed E-state index contributed by atoms with van der Waals surface area (Å²) in [5.41, 5.74) is 0. The van der Waals surface area contributed by atoms with Crippen molar-refractivity contribution in [1.29, 1.82) is 0 Å². The second-order valence-electron chi connectivity index (χ2n) is 8.61.